The molecule has 0 radical (unpaired) electrons. The van der Waals surface area contributed by atoms with Crippen molar-refractivity contribution in [3.63, 3.8) is 0 Å². The van der Waals surface area contributed by atoms with Crippen LogP contribution in [0.25, 0.3) is 5.70 Å². The standard InChI is InChI=1S/C22H22F3N7/c1-4-15-9-18(17-6-5-7-19(30-17)22(23,24)25)31-21(28-13(2)3)32-20(15)29-16-8-14(10-26)11-27-12-16/h5-9,11-13,15H,4H2,1-3H3,(H2,28,29,31,32). The van der Waals surface area contributed by atoms with E-state index in [1.165, 1.54) is 18.3 Å². The number of hydrogen-bond acceptors (Lipinski definition) is 5. The van der Waals surface area contributed by atoms with Gasteiger partial charge in [0, 0.05) is 18.2 Å². The fraction of sp³-hybridized carbons (Fsp3) is 0.318. The summed E-state index contributed by atoms with van der Waals surface area (Å²) in [5.74, 6) is 0.492. The smallest absolute Gasteiger partial charge is 0.342 e. The third-order valence-corrected chi connectivity index (χ3v) is 4.47. The molecular weight excluding hydrogens is 419 g/mol. The van der Waals surface area contributed by atoms with Crippen molar-refractivity contribution in [3.05, 3.63) is 59.7 Å². The van der Waals surface area contributed by atoms with E-state index in [4.69, 9.17) is 5.26 Å². The molecule has 1 aliphatic heterocycles. The number of nitriles is 1. The zero-order valence-electron chi connectivity index (χ0n) is 17.8. The van der Waals surface area contributed by atoms with Crippen LogP contribution in [0.4, 0.5) is 18.9 Å². The first-order chi connectivity index (χ1) is 15.2. The minimum absolute atomic E-state index is 0.111. The van der Waals surface area contributed by atoms with E-state index in [2.05, 4.69) is 30.6 Å². The third-order valence-electron chi connectivity index (χ3n) is 4.47. The number of pyridine rings is 2. The van der Waals surface area contributed by atoms with Gasteiger partial charge in [0.25, 0.3) is 0 Å². The monoisotopic (exact) mass is 441 g/mol. The van der Waals surface area contributed by atoms with Gasteiger partial charge in [-0.25, -0.2) is 9.98 Å². The molecule has 0 bridgehead atoms. The van der Waals surface area contributed by atoms with E-state index in [1.54, 1.807) is 18.3 Å². The van der Waals surface area contributed by atoms with Gasteiger partial charge in [-0.1, -0.05) is 13.0 Å². The Morgan fingerprint density at radius 2 is 2.06 bits per heavy atom. The molecule has 0 spiro atoms. The Balaban J connectivity index is 2.05. The van der Waals surface area contributed by atoms with E-state index in [1.807, 2.05) is 26.8 Å². The normalized spacial score (nSPS) is 17.8. The molecule has 2 aromatic heterocycles. The average Bonchev–Trinajstić information content (AvgIpc) is 2.91. The van der Waals surface area contributed by atoms with Crippen LogP contribution >= 0.6 is 0 Å². The van der Waals surface area contributed by atoms with E-state index in [0.717, 1.165) is 6.07 Å². The molecule has 166 valence electrons. The lowest BCUT2D eigenvalue weighted by atomic mass is 10.0. The fourth-order valence-electron chi connectivity index (χ4n) is 3.01. The van der Waals surface area contributed by atoms with Crippen LogP contribution in [0.2, 0.25) is 0 Å². The van der Waals surface area contributed by atoms with Gasteiger partial charge in [-0.05, 0) is 44.5 Å². The van der Waals surface area contributed by atoms with Crippen molar-refractivity contribution < 1.29 is 13.2 Å². The van der Waals surface area contributed by atoms with Crippen LogP contribution in [0.3, 0.4) is 0 Å². The van der Waals surface area contributed by atoms with Gasteiger partial charge >= 0.3 is 6.18 Å². The molecule has 3 rings (SSSR count). The van der Waals surface area contributed by atoms with E-state index in [9.17, 15) is 13.2 Å². The Kier molecular flexibility index (Phi) is 6.88. The van der Waals surface area contributed by atoms with Crippen LogP contribution in [0.1, 0.15) is 44.1 Å². The first-order valence-electron chi connectivity index (χ1n) is 10.0. The highest BCUT2D eigenvalue weighted by Gasteiger charge is 2.33. The average molecular weight is 441 g/mol. The third kappa shape index (κ3) is 5.69. The van der Waals surface area contributed by atoms with Crippen LogP contribution < -0.4 is 10.6 Å². The minimum atomic E-state index is -4.55. The maximum atomic E-state index is 13.2. The largest absolute Gasteiger partial charge is 0.433 e. The molecule has 0 fully saturated rings. The number of nitrogens with zero attached hydrogens (tertiary/aromatic N) is 5. The molecule has 0 saturated carbocycles. The molecule has 7 nitrogen and oxygen atoms in total. The molecule has 1 unspecified atom stereocenters. The van der Waals surface area contributed by atoms with Crippen LogP contribution in [-0.2, 0) is 6.18 Å². The van der Waals surface area contributed by atoms with Crippen molar-refractivity contribution >= 4 is 23.2 Å². The topological polar surface area (TPSA) is 98.3 Å². The minimum Gasteiger partial charge on any atom is -0.342 e. The van der Waals surface area contributed by atoms with Gasteiger partial charge in [0.1, 0.15) is 17.6 Å². The van der Waals surface area contributed by atoms with Crippen LogP contribution in [0, 0.1) is 17.2 Å². The summed E-state index contributed by atoms with van der Waals surface area (Å²) in [5, 5.41) is 15.3. The maximum absolute atomic E-state index is 13.2. The summed E-state index contributed by atoms with van der Waals surface area (Å²) in [6.07, 6.45) is 0.839. The molecule has 0 aliphatic carbocycles. The summed E-state index contributed by atoms with van der Waals surface area (Å²) in [4.78, 5) is 16.9. The number of nitrogens with one attached hydrogen (secondary N) is 2. The molecule has 10 heteroatoms. The molecule has 0 saturated heterocycles. The summed E-state index contributed by atoms with van der Waals surface area (Å²) in [6, 6.07) is 7.31. The summed E-state index contributed by atoms with van der Waals surface area (Å²) in [6.45, 7) is 5.67. The predicted octanol–water partition coefficient (Wildman–Crippen LogP) is 4.61. The Hall–Kier alpha value is -3.74. The van der Waals surface area contributed by atoms with Crippen molar-refractivity contribution in [3.8, 4) is 6.07 Å². The van der Waals surface area contributed by atoms with Gasteiger partial charge in [-0.15, -0.1) is 0 Å². The Morgan fingerprint density at radius 3 is 2.72 bits per heavy atom. The number of aromatic nitrogens is 2. The highest BCUT2D eigenvalue weighted by molar-refractivity contribution is 6.08. The van der Waals surface area contributed by atoms with Crippen LogP contribution in [-0.4, -0.2) is 27.8 Å². The van der Waals surface area contributed by atoms with Crippen molar-refractivity contribution in [2.75, 3.05) is 5.32 Å². The number of alkyl halides is 3. The zero-order valence-corrected chi connectivity index (χ0v) is 17.8. The predicted molar refractivity (Wildman–Crippen MR) is 117 cm³/mol. The first-order valence-corrected chi connectivity index (χ1v) is 10.0. The quantitative estimate of drug-likeness (QED) is 0.722. The molecule has 32 heavy (non-hydrogen) atoms. The van der Waals surface area contributed by atoms with Gasteiger partial charge in [0.15, 0.2) is 0 Å². The van der Waals surface area contributed by atoms with Gasteiger partial charge < -0.3 is 10.6 Å². The van der Waals surface area contributed by atoms with Gasteiger partial charge in [0.05, 0.1) is 28.8 Å². The number of aliphatic imine (C=N–C) groups is 2. The molecule has 2 N–H and O–H groups in total. The second-order valence-corrected chi connectivity index (χ2v) is 7.37. The summed E-state index contributed by atoms with van der Waals surface area (Å²) < 4.78 is 39.6. The second-order valence-electron chi connectivity index (χ2n) is 7.37. The second kappa shape index (κ2) is 9.60. The van der Waals surface area contributed by atoms with Crippen molar-refractivity contribution in [1.82, 2.24) is 15.3 Å². The fourth-order valence-corrected chi connectivity index (χ4v) is 3.01. The Bertz CT molecular complexity index is 1110. The number of guanidine groups is 1. The number of amidine groups is 1. The number of hydrogen-bond donors (Lipinski definition) is 2. The lowest BCUT2D eigenvalue weighted by Gasteiger charge is -2.15. The molecule has 1 aliphatic rings. The molecule has 3 heterocycles. The summed E-state index contributed by atoms with van der Waals surface area (Å²) >= 11 is 0. The molecular formula is C22H22F3N7. The van der Waals surface area contributed by atoms with Crippen molar-refractivity contribution in [1.29, 1.82) is 5.26 Å². The van der Waals surface area contributed by atoms with E-state index < -0.39 is 11.9 Å². The molecule has 0 amide bonds. The van der Waals surface area contributed by atoms with Gasteiger partial charge in [0.2, 0.25) is 5.96 Å². The lowest BCUT2D eigenvalue weighted by Crippen LogP contribution is -2.24. The summed E-state index contributed by atoms with van der Waals surface area (Å²) in [5.41, 5.74) is 0.497. The van der Waals surface area contributed by atoms with Crippen LogP contribution in [0.5, 0.6) is 0 Å². The highest BCUT2D eigenvalue weighted by atomic mass is 19.4. The van der Waals surface area contributed by atoms with E-state index in [0.29, 0.717) is 29.2 Å². The van der Waals surface area contributed by atoms with E-state index >= 15 is 0 Å². The van der Waals surface area contributed by atoms with Crippen molar-refractivity contribution in [2.45, 2.75) is 39.4 Å². The maximum Gasteiger partial charge on any atom is 0.433 e. The number of anilines is 1. The highest BCUT2D eigenvalue weighted by Crippen LogP contribution is 2.29. The van der Waals surface area contributed by atoms with Gasteiger partial charge in [-0.3, -0.25) is 4.98 Å². The molecule has 0 aromatic carbocycles. The Labute approximate surface area is 183 Å². The number of halogens is 3. The SMILES string of the molecule is CCC1C=C(c2cccc(C(F)(F)F)n2)NC(=NC(C)C)N=C1Nc1cncc(C#N)c1. The molecule has 2 aromatic rings. The number of rotatable bonds is 4. The lowest BCUT2D eigenvalue weighted by molar-refractivity contribution is -0.141. The van der Waals surface area contributed by atoms with E-state index in [-0.39, 0.29) is 23.6 Å². The van der Waals surface area contributed by atoms with Crippen LogP contribution in [0.15, 0.2) is 52.7 Å². The molecule has 1 atom stereocenters. The first kappa shape index (κ1) is 22.9. The zero-order chi connectivity index (χ0) is 23.3. The Morgan fingerprint density at radius 1 is 1.28 bits per heavy atom. The van der Waals surface area contributed by atoms with Gasteiger partial charge in [-0.2, -0.15) is 23.4 Å². The van der Waals surface area contributed by atoms with Crippen molar-refractivity contribution in [2.24, 2.45) is 15.9 Å². The summed E-state index contributed by atoms with van der Waals surface area (Å²) in [7, 11) is 0.